The Hall–Kier alpha value is -3.60. The fraction of sp³-hybridized carbons (Fsp3) is 0.130. The second kappa shape index (κ2) is 9.72. The first-order chi connectivity index (χ1) is 16.2. The molecule has 1 fully saturated rings. The second-order valence-electron chi connectivity index (χ2n) is 7.39. The fourth-order valence-electron chi connectivity index (χ4n) is 3.38. The molecule has 1 heterocycles. The normalized spacial score (nSPS) is 13.5. The molecular formula is C23H20ClN3O6S. The second-order valence-corrected chi connectivity index (χ2v) is 9.33. The Morgan fingerprint density at radius 2 is 1.91 bits per heavy atom. The lowest BCUT2D eigenvalue weighted by Gasteiger charge is -2.16. The van der Waals surface area contributed by atoms with Crippen LogP contribution in [-0.4, -0.2) is 33.6 Å². The topological polar surface area (TPSA) is 128 Å². The zero-order valence-electron chi connectivity index (χ0n) is 17.7. The molecule has 9 nitrogen and oxygen atoms in total. The number of primary sulfonamides is 1. The van der Waals surface area contributed by atoms with Gasteiger partial charge in [-0.15, -0.1) is 0 Å². The van der Waals surface area contributed by atoms with Crippen molar-refractivity contribution >= 4 is 45.0 Å². The number of nitrogens with one attached hydrogen (secondary N) is 1. The number of carbonyl (C=O) groups is 2. The van der Waals surface area contributed by atoms with E-state index in [1.807, 2.05) is 0 Å². The highest BCUT2D eigenvalue weighted by Crippen LogP contribution is 2.33. The van der Waals surface area contributed by atoms with Gasteiger partial charge in [0.25, 0.3) is 0 Å². The maximum Gasteiger partial charge on any atom is 0.414 e. The number of rotatable bonds is 7. The summed E-state index contributed by atoms with van der Waals surface area (Å²) in [6.07, 6.45) is -0.465. The van der Waals surface area contributed by atoms with Crippen LogP contribution in [0.1, 0.15) is 5.56 Å². The number of anilines is 2. The lowest BCUT2D eigenvalue weighted by Crippen LogP contribution is -2.23. The number of sulfonamides is 1. The molecule has 1 saturated heterocycles. The van der Waals surface area contributed by atoms with Crippen LogP contribution in [0.3, 0.4) is 0 Å². The Labute approximate surface area is 201 Å². The molecule has 11 heteroatoms. The number of ether oxygens (including phenoxy) is 2. The minimum atomic E-state index is -4.19. The monoisotopic (exact) mass is 501 g/mol. The molecule has 3 aromatic carbocycles. The molecule has 3 aromatic rings. The van der Waals surface area contributed by atoms with Crippen molar-refractivity contribution in [2.24, 2.45) is 5.14 Å². The molecule has 0 unspecified atom stereocenters. The first-order valence-corrected chi connectivity index (χ1v) is 12.1. The van der Waals surface area contributed by atoms with E-state index < -0.39 is 16.1 Å². The van der Waals surface area contributed by atoms with Crippen LogP contribution in [-0.2, 0) is 26.0 Å². The Balaban J connectivity index is 1.55. The molecule has 0 atom stereocenters. The summed E-state index contributed by atoms with van der Waals surface area (Å²) in [6, 6.07) is 17.6. The van der Waals surface area contributed by atoms with Gasteiger partial charge in [-0.05, 0) is 42.0 Å². The van der Waals surface area contributed by atoms with E-state index in [9.17, 15) is 18.0 Å². The van der Waals surface area contributed by atoms with Crippen molar-refractivity contribution in [1.29, 1.82) is 0 Å². The molecule has 0 aromatic heterocycles. The average Bonchev–Trinajstić information content (AvgIpc) is 3.22. The molecule has 34 heavy (non-hydrogen) atoms. The Bertz CT molecular complexity index is 1360. The quantitative estimate of drug-likeness (QED) is 0.505. The van der Waals surface area contributed by atoms with Crippen molar-refractivity contribution < 1.29 is 27.5 Å². The van der Waals surface area contributed by atoms with Crippen molar-refractivity contribution in [2.75, 3.05) is 23.4 Å². The maximum atomic E-state index is 12.4. The lowest BCUT2D eigenvalue weighted by atomic mass is 10.1. The highest BCUT2D eigenvalue weighted by atomic mass is 35.5. The number of nitrogens with two attached hydrogens (primary N) is 1. The van der Waals surface area contributed by atoms with Crippen molar-refractivity contribution in [1.82, 2.24) is 0 Å². The third-order valence-corrected chi connectivity index (χ3v) is 6.26. The molecule has 0 spiro atoms. The Morgan fingerprint density at radius 3 is 2.62 bits per heavy atom. The van der Waals surface area contributed by atoms with Gasteiger partial charge in [-0.25, -0.2) is 18.4 Å². The van der Waals surface area contributed by atoms with Gasteiger partial charge in [0.05, 0.1) is 18.7 Å². The van der Waals surface area contributed by atoms with Crippen LogP contribution in [0.4, 0.5) is 16.2 Å². The number of cyclic esters (lactones) is 1. The highest BCUT2D eigenvalue weighted by molar-refractivity contribution is 7.89. The standard InChI is InChI=1S/C23H20ClN3O6S/c24-19-7-2-1-4-15(19)12-22(28)26-16-8-9-20(21(13-16)34(25,30)31)33-18-6-3-5-17(14-18)27-10-11-32-23(27)29/h1-9,13-14H,10-12H2,(H,26,28)(H2,25,30,31). The minimum Gasteiger partial charge on any atom is -0.456 e. The van der Waals surface area contributed by atoms with Gasteiger partial charge in [-0.3, -0.25) is 9.69 Å². The lowest BCUT2D eigenvalue weighted by molar-refractivity contribution is -0.115. The summed E-state index contributed by atoms with van der Waals surface area (Å²) in [7, 11) is -4.19. The molecule has 176 valence electrons. The maximum absolute atomic E-state index is 12.4. The first kappa shape index (κ1) is 23.6. The largest absolute Gasteiger partial charge is 0.456 e. The van der Waals surface area contributed by atoms with Crippen LogP contribution in [0.25, 0.3) is 0 Å². The van der Waals surface area contributed by atoms with Gasteiger partial charge >= 0.3 is 6.09 Å². The average molecular weight is 502 g/mol. The van der Waals surface area contributed by atoms with Crippen LogP contribution in [0.5, 0.6) is 11.5 Å². The summed E-state index contributed by atoms with van der Waals surface area (Å²) in [5, 5.41) is 8.49. The van der Waals surface area contributed by atoms with Crippen molar-refractivity contribution in [3.05, 3.63) is 77.3 Å². The number of amides is 2. The van der Waals surface area contributed by atoms with E-state index in [4.69, 9.17) is 26.2 Å². The molecule has 1 aliphatic heterocycles. The van der Waals surface area contributed by atoms with Crippen molar-refractivity contribution in [2.45, 2.75) is 11.3 Å². The zero-order chi connectivity index (χ0) is 24.3. The van der Waals surface area contributed by atoms with E-state index >= 15 is 0 Å². The summed E-state index contributed by atoms with van der Waals surface area (Å²) < 4.78 is 35.2. The predicted molar refractivity (Wildman–Crippen MR) is 127 cm³/mol. The molecule has 3 N–H and O–H groups in total. The number of hydrogen-bond acceptors (Lipinski definition) is 6. The van der Waals surface area contributed by atoms with Crippen LogP contribution in [0, 0.1) is 0 Å². The van der Waals surface area contributed by atoms with Gasteiger partial charge in [0.2, 0.25) is 15.9 Å². The molecule has 1 aliphatic rings. The smallest absolute Gasteiger partial charge is 0.414 e. The number of hydrogen-bond donors (Lipinski definition) is 2. The molecule has 0 saturated carbocycles. The van der Waals surface area contributed by atoms with E-state index in [1.54, 1.807) is 48.5 Å². The van der Waals surface area contributed by atoms with E-state index in [0.717, 1.165) is 0 Å². The minimum absolute atomic E-state index is 0.00829. The number of nitrogens with zero attached hydrogens (tertiary/aromatic N) is 1. The number of benzene rings is 3. The SMILES string of the molecule is NS(=O)(=O)c1cc(NC(=O)Cc2ccccc2Cl)ccc1Oc1cccc(N2CCOC2=O)c1. The van der Waals surface area contributed by atoms with Gasteiger partial charge in [0, 0.05) is 16.8 Å². The Morgan fingerprint density at radius 1 is 1.12 bits per heavy atom. The summed E-state index contributed by atoms with van der Waals surface area (Å²) in [4.78, 5) is 25.4. The van der Waals surface area contributed by atoms with Crippen molar-refractivity contribution in [3.63, 3.8) is 0 Å². The van der Waals surface area contributed by atoms with Crippen LogP contribution in [0.2, 0.25) is 5.02 Å². The summed E-state index contributed by atoms with van der Waals surface area (Å²) in [5.41, 5.74) is 1.40. The fourth-order valence-corrected chi connectivity index (χ4v) is 4.27. The van der Waals surface area contributed by atoms with Crippen LogP contribution >= 0.6 is 11.6 Å². The third kappa shape index (κ3) is 5.48. The zero-order valence-corrected chi connectivity index (χ0v) is 19.3. The number of carbonyl (C=O) groups excluding carboxylic acids is 2. The van der Waals surface area contributed by atoms with Gasteiger partial charge in [-0.2, -0.15) is 0 Å². The molecule has 4 rings (SSSR count). The first-order valence-electron chi connectivity index (χ1n) is 10.1. The van der Waals surface area contributed by atoms with Gasteiger partial charge in [-0.1, -0.05) is 35.9 Å². The third-order valence-electron chi connectivity index (χ3n) is 4.96. The van der Waals surface area contributed by atoms with Gasteiger partial charge < -0.3 is 14.8 Å². The van der Waals surface area contributed by atoms with E-state index in [1.165, 1.54) is 23.1 Å². The molecule has 0 aliphatic carbocycles. The van der Waals surface area contributed by atoms with Gasteiger partial charge in [0.1, 0.15) is 23.0 Å². The highest BCUT2D eigenvalue weighted by Gasteiger charge is 2.24. The molecule has 0 bridgehead atoms. The number of halogens is 1. The van der Waals surface area contributed by atoms with Crippen LogP contribution < -0.4 is 20.1 Å². The summed E-state index contributed by atoms with van der Waals surface area (Å²) >= 11 is 6.09. The van der Waals surface area contributed by atoms with E-state index in [2.05, 4.69) is 5.32 Å². The molecule has 0 radical (unpaired) electrons. The predicted octanol–water partition coefficient (Wildman–Crippen LogP) is 3.92. The van der Waals surface area contributed by atoms with E-state index in [-0.39, 0.29) is 41.0 Å². The van der Waals surface area contributed by atoms with E-state index in [0.29, 0.717) is 22.8 Å². The molecular weight excluding hydrogens is 482 g/mol. The Kier molecular flexibility index (Phi) is 6.73. The van der Waals surface area contributed by atoms with Crippen LogP contribution in [0.15, 0.2) is 71.6 Å². The molecule has 2 amide bonds. The van der Waals surface area contributed by atoms with Crippen molar-refractivity contribution in [3.8, 4) is 11.5 Å². The summed E-state index contributed by atoms with van der Waals surface area (Å²) in [5.74, 6) is -0.127. The van der Waals surface area contributed by atoms with Gasteiger partial charge in [0.15, 0.2) is 0 Å². The summed E-state index contributed by atoms with van der Waals surface area (Å²) in [6.45, 7) is 0.677.